The highest BCUT2D eigenvalue weighted by atomic mass is 32.2. The van der Waals surface area contributed by atoms with Crippen molar-refractivity contribution < 1.29 is 0 Å². The van der Waals surface area contributed by atoms with Crippen LogP contribution in [0, 0.1) is 0 Å². The Morgan fingerprint density at radius 1 is 1.33 bits per heavy atom. The average Bonchev–Trinajstić information content (AvgIpc) is 2.57. The van der Waals surface area contributed by atoms with Crippen molar-refractivity contribution in [3.63, 3.8) is 0 Å². The summed E-state index contributed by atoms with van der Waals surface area (Å²) in [4.78, 5) is 0. The summed E-state index contributed by atoms with van der Waals surface area (Å²) < 4.78 is 0. The molecule has 0 amide bonds. The quantitative estimate of drug-likeness (QED) is 0.496. The Morgan fingerprint density at radius 3 is 2.92 bits per heavy atom. The van der Waals surface area contributed by atoms with E-state index in [1.165, 1.54) is 25.7 Å². The molecule has 0 fully saturated rings. The number of hydrogen-bond acceptors (Lipinski definition) is 4. The van der Waals surface area contributed by atoms with Crippen LogP contribution < -0.4 is 5.10 Å². The van der Waals surface area contributed by atoms with E-state index in [0.29, 0.717) is 5.16 Å². The Kier molecular flexibility index (Phi) is 4.75. The fourth-order valence-electron chi connectivity index (χ4n) is 0.887. The molecule has 0 aliphatic heterocycles. The van der Waals surface area contributed by atoms with Gasteiger partial charge < -0.3 is 5.10 Å². The summed E-state index contributed by atoms with van der Waals surface area (Å²) in [7, 11) is 0. The lowest BCUT2D eigenvalue weighted by molar-refractivity contribution is 0.706. The minimum Gasteiger partial charge on any atom is -0.325 e. The van der Waals surface area contributed by atoms with Crippen molar-refractivity contribution in [2.45, 2.75) is 37.8 Å². The van der Waals surface area contributed by atoms with E-state index in [1.807, 2.05) is 0 Å². The first-order chi connectivity index (χ1) is 5.93. The monoisotopic (exact) mass is 185 g/mol. The summed E-state index contributed by atoms with van der Waals surface area (Å²) in [6.45, 7) is 2.21. The summed E-state index contributed by atoms with van der Waals surface area (Å²) in [6.07, 6.45) is 5.12. The lowest BCUT2D eigenvalue weighted by Gasteiger charge is -1.98. The van der Waals surface area contributed by atoms with Crippen LogP contribution in [0.25, 0.3) is 0 Å². The van der Waals surface area contributed by atoms with Gasteiger partial charge in [-0.3, -0.25) is 10.3 Å². The summed E-state index contributed by atoms with van der Waals surface area (Å²) in [5, 5.41) is 15.0. The Hall–Kier alpha value is -0.580. The Morgan fingerprint density at radius 2 is 2.25 bits per heavy atom. The first-order valence-electron chi connectivity index (χ1n) is 4.25. The molecule has 0 unspecified atom stereocenters. The molecule has 1 aromatic heterocycles. The molecule has 1 heterocycles. The van der Waals surface area contributed by atoms with Crippen LogP contribution in [0.2, 0.25) is 0 Å². The Bertz CT molecular complexity index is 187. The van der Waals surface area contributed by atoms with E-state index in [-0.39, 0.29) is 0 Å². The number of tetrazole rings is 1. The van der Waals surface area contributed by atoms with Crippen LogP contribution >= 0.6 is 11.8 Å². The largest absolute Gasteiger partial charge is 0.325 e. The van der Waals surface area contributed by atoms with Gasteiger partial charge in [0.15, 0.2) is 0 Å². The van der Waals surface area contributed by atoms with Gasteiger partial charge in [-0.15, -0.1) is 11.8 Å². The fourth-order valence-corrected chi connectivity index (χ4v) is 1.61. The molecule has 1 aromatic rings. The number of rotatable bonds is 6. The van der Waals surface area contributed by atoms with Crippen LogP contribution in [-0.4, -0.2) is 21.3 Å². The van der Waals surface area contributed by atoms with Crippen molar-refractivity contribution in [1.82, 2.24) is 20.6 Å². The molecule has 0 atom stereocenters. The highest BCUT2D eigenvalue weighted by Crippen LogP contribution is 2.12. The van der Waals surface area contributed by atoms with Gasteiger partial charge in [-0.2, -0.15) is 5.21 Å². The smallest absolute Gasteiger partial charge is 0.0660 e. The van der Waals surface area contributed by atoms with Gasteiger partial charge in [0, 0.05) is 0 Å². The van der Waals surface area contributed by atoms with Gasteiger partial charge in [0.2, 0.25) is 0 Å². The molecule has 0 bridgehead atoms. The Balaban J connectivity index is 1.96. The van der Waals surface area contributed by atoms with E-state index < -0.39 is 0 Å². The predicted octanol–water partition coefficient (Wildman–Crippen LogP) is 1.50. The van der Waals surface area contributed by atoms with Crippen LogP contribution in [-0.2, 0) is 0 Å². The fraction of sp³-hybridized carbons (Fsp3) is 0.857. The second kappa shape index (κ2) is 5.99. The zero-order valence-corrected chi connectivity index (χ0v) is 8.05. The number of aromatic nitrogens is 4. The molecule has 1 rings (SSSR count). The standard InChI is InChI=1S/C7H13N4S/c1-2-3-4-5-6-12-7-8-10-11-9-7/h2-6H2,1H3/q-1. The van der Waals surface area contributed by atoms with Gasteiger partial charge in [-0.1, -0.05) is 26.2 Å². The Labute approximate surface area is 76.5 Å². The molecule has 12 heavy (non-hydrogen) atoms. The van der Waals surface area contributed by atoms with E-state index in [9.17, 15) is 0 Å². The van der Waals surface area contributed by atoms with Crippen LogP contribution in [0.1, 0.15) is 32.6 Å². The maximum absolute atomic E-state index is 3.72. The van der Waals surface area contributed by atoms with Crippen molar-refractivity contribution in [3.8, 4) is 0 Å². The first kappa shape index (κ1) is 9.51. The molecule has 0 aromatic carbocycles. The maximum atomic E-state index is 3.72. The van der Waals surface area contributed by atoms with Gasteiger partial charge in [0.25, 0.3) is 0 Å². The summed E-state index contributed by atoms with van der Waals surface area (Å²) >= 11 is 1.63. The minimum absolute atomic E-state index is 0.700. The third-order valence-corrected chi connectivity index (χ3v) is 2.44. The molecule has 0 saturated carbocycles. The second-order valence-corrected chi connectivity index (χ2v) is 3.63. The lowest BCUT2D eigenvalue weighted by atomic mass is 10.2. The normalized spacial score (nSPS) is 10.4. The highest BCUT2D eigenvalue weighted by Gasteiger charge is 1.90. The topological polar surface area (TPSA) is 52.8 Å². The molecule has 0 N–H and O–H groups in total. The molecular weight excluding hydrogens is 172 g/mol. The summed E-state index contributed by atoms with van der Waals surface area (Å²) in [5.74, 6) is 1.08. The first-order valence-corrected chi connectivity index (χ1v) is 5.23. The second-order valence-electron chi connectivity index (χ2n) is 2.57. The summed E-state index contributed by atoms with van der Waals surface area (Å²) in [6, 6.07) is 0. The van der Waals surface area contributed by atoms with Crippen LogP contribution in [0.15, 0.2) is 5.16 Å². The molecular formula is C7H13N4S-. The number of thioether (sulfide) groups is 1. The summed E-state index contributed by atoms with van der Waals surface area (Å²) in [5.41, 5.74) is 0. The van der Waals surface area contributed by atoms with Crippen LogP contribution in [0.3, 0.4) is 0 Å². The van der Waals surface area contributed by atoms with Gasteiger partial charge in [-0.05, 0) is 12.2 Å². The lowest BCUT2D eigenvalue weighted by Crippen LogP contribution is -1.83. The van der Waals surface area contributed by atoms with E-state index in [2.05, 4.69) is 27.5 Å². The molecule has 68 valence electrons. The average molecular weight is 185 g/mol. The van der Waals surface area contributed by atoms with Gasteiger partial charge >= 0.3 is 0 Å². The van der Waals surface area contributed by atoms with E-state index >= 15 is 0 Å². The third-order valence-electron chi connectivity index (χ3n) is 1.53. The van der Waals surface area contributed by atoms with E-state index in [4.69, 9.17) is 0 Å². The molecule has 0 spiro atoms. The van der Waals surface area contributed by atoms with E-state index in [1.54, 1.807) is 11.8 Å². The molecule has 0 radical (unpaired) electrons. The van der Waals surface area contributed by atoms with Crippen LogP contribution in [0.5, 0.6) is 0 Å². The molecule has 4 nitrogen and oxygen atoms in total. The van der Waals surface area contributed by atoms with Gasteiger partial charge in [-0.25, -0.2) is 0 Å². The number of nitrogens with zero attached hydrogens (tertiary/aromatic N) is 4. The van der Waals surface area contributed by atoms with Gasteiger partial charge in [0.05, 0.1) is 5.16 Å². The zero-order chi connectivity index (χ0) is 8.65. The van der Waals surface area contributed by atoms with E-state index in [0.717, 1.165) is 5.75 Å². The molecule has 5 heteroatoms. The van der Waals surface area contributed by atoms with Crippen LogP contribution in [0.4, 0.5) is 0 Å². The van der Waals surface area contributed by atoms with Crippen molar-refractivity contribution in [2.75, 3.05) is 5.75 Å². The number of unbranched alkanes of at least 4 members (excludes halogenated alkanes) is 3. The SMILES string of the molecule is CCCCCCSc1nnn[n-]1. The third kappa shape index (κ3) is 3.71. The van der Waals surface area contributed by atoms with Crippen molar-refractivity contribution in [2.24, 2.45) is 0 Å². The number of hydrogen-bond donors (Lipinski definition) is 0. The maximum Gasteiger partial charge on any atom is 0.0660 e. The molecule has 0 saturated heterocycles. The van der Waals surface area contributed by atoms with Crippen molar-refractivity contribution in [1.29, 1.82) is 0 Å². The van der Waals surface area contributed by atoms with Crippen molar-refractivity contribution in [3.05, 3.63) is 0 Å². The highest BCUT2D eigenvalue weighted by molar-refractivity contribution is 7.99. The van der Waals surface area contributed by atoms with Crippen molar-refractivity contribution >= 4 is 11.8 Å². The molecule has 0 aliphatic carbocycles. The minimum atomic E-state index is 0.700. The molecule has 0 aliphatic rings. The zero-order valence-electron chi connectivity index (χ0n) is 7.23. The predicted molar refractivity (Wildman–Crippen MR) is 48.0 cm³/mol. The van der Waals surface area contributed by atoms with Gasteiger partial charge in [0.1, 0.15) is 0 Å².